The number of likely N-dealkylation sites (N-methyl/N-ethyl adjacent to an activating group) is 1. The van der Waals surface area contributed by atoms with Crippen molar-refractivity contribution in [1.29, 1.82) is 0 Å². The zero-order valence-corrected chi connectivity index (χ0v) is 14.4. The largest absolute Gasteiger partial charge is 0.384 e. The second-order valence-electron chi connectivity index (χ2n) is 6.10. The maximum Gasteiger partial charge on any atom is 0.175 e. The molecule has 0 fully saturated rings. The Hall–Kier alpha value is -1.76. The molecule has 1 heterocycles. The van der Waals surface area contributed by atoms with Crippen LogP contribution >= 0.6 is 0 Å². The first kappa shape index (κ1) is 17.6. The number of hydrogen-bond acceptors (Lipinski definition) is 5. The number of rotatable bonds is 6. The van der Waals surface area contributed by atoms with Crippen LogP contribution in [0.3, 0.4) is 0 Å². The average Bonchev–Trinajstić information content (AvgIpc) is 2.47. The molecule has 0 aliphatic carbocycles. The van der Waals surface area contributed by atoms with E-state index < -0.39 is 15.4 Å². The van der Waals surface area contributed by atoms with Crippen LogP contribution in [0.25, 0.3) is 0 Å². The van der Waals surface area contributed by atoms with Crippen LogP contribution in [-0.2, 0) is 22.0 Å². The molecule has 1 atom stereocenters. The van der Waals surface area contributed by atoms with Gasteiger partial charge >= 0.3 is 0 Å². The number of sulfone groups is 1. The summed E-state index contributed by atoms with van der Waals surface area (Å²) >= 11 is 0. The lowest BCUT2D eigenvalue weighted by molar-refractivity contribution is 0.0213. The van der Waals surface area contributed by atoms with E-state index in [4.69, 9.17) is 0 Å². The minimum Gasteiger partial charge on any atom is -0.384 e. The third-order valence-electron chi connectivity index (χ3n) is 3.66. The van der Waals surface area contributed by atoms with Crippen molar-refractivity contribution in [3.8, 4) is 0 Å². The van der Waals surface area contributed by atoms with E-state index in [1.165, 1.54) is 18.4 Å². The molecule has 124 valence electrons. The lowest BCUT2D eigenvalue weighted by Crippen LogP contribution is -2.36. The molecular weight excluding hydrogens is 312 g/mol. The molecule has 0 spiro atoms. The van der Waals surface area contributed by atoms with Gasteiger partial charge in [0.05, 0.1) is 10.5 Å². The average molecular weight is 334 g/mol. The highest BCUT2D eigenvalue weighted by atomic mass is 32.2. The van der Waals surface area contributed by atoms with Gasteiger partial charge < -0.3 is 5.11 Å². The molecule has 2 aromatic rings. The summed E-state index contributed by atoms with van der Waals surface area (Å²) in [5, 5.41) is 10.7. The SMILES string of the molecule is CN(Cc1cccnc1)CC(C)(O)c1ccc(S(C)(=O)=O)cc1. The standard InChI is InChI=1S/C17H22N2O3S/c1-17(20,13-19(2)12-14-5-4-10-18-11-14)15-6-8-16(9-7-15)23(3,21)22/h4-11,20H,12-13H2,1-3H3. The third kappa shape index (κ3) is 4.86. The highest BCUT2D eigenvalue weighted by Gasteiger charge is 2.25. The zero-order chi connectivity index (χ0) is 17.1. The Morgan fingerprint density at radius 2 is 1.87 bits per heavy atom. The van der Waals surface area contributed by atoms with Gasteiger partial charge in [-0.2, -0.15) is 0 Å². The molecule has 6 heteroatoms. The molecule has 0 bridgehead atoms. The van der Waals surface area contributed by atoms with E-state index in [9.17, 15) is 13.5 Å². The van der Waals surface area contributed by atoms with Crippen LogP contribution in [0, 0.1) is 0 Å². The predicted molar refractivity (Wildman–Crippen MR) is 89.7 cm³/mol. The second-order valence-corrected chi connectivity index (χ2v) is 8.12. The van der Waals surface area contributed by atoms with Crippen LogP contribution in [0.1, 0.15) is 18.1 Å². The van der Waals surface area contributed by atoms with Gasteiger partial charge in [0, 0.05) is 31.7 Å². The molecule has 23 heavy (non-hydrogen) atoms. The highest BCUT2D eigenvalue weighted by Crippen LogP contribution is 2.23. The molecule has 1 aromatic carbocycles. The summed E-state index contributed by atoms with van der Waals surface area (Å²) in [5.74, 6) is 0. The van der Waals surface area contributed by atoms with Crippen molar-refractivity contribution in [1.82, 2.24) is 9.88 Å². The Balaban J connectivity index is 2.08. The van der Waals surface area contributed by atoms with Crippen LogP contribution in [0.15, 0.2) is 53.7 Å². The Morgan fingerprint density at radius 3 is 2.39 bits per heavy atom. The molecule has 1 unspecified atom stereocenters. The fourth-order valence-corrected chi connectivity index (χ4v) is 3.17. The van der Waals surface area contributed by atoms with E-state index in [2.05, 4.69) is 4.98 Å². The second kappa shape index (κ2) is 6.78. The summed E-state index contributed by atoms with van der Waals surface area (Å²) in [7, 11) is -1.30. The third-order valence-corrected chi connectivity index (χ3v) is 4.79. The van der Waals surface area contributed by atoms with Crippen molar-refractivity contribution >= 4 is 9.84 Å². The van der Waals surface area contributed by atoms with Crippen LogP contribution in [-0.4, -0.2) is 43.3 Å². The minimum absolute atomic E-state index is 0.251. The predicted octanol–water partition coefficient (Wildman–Crippen LogP) is 1.82. The number of aliphatic hydroxyl groups is 1. The quantitative estimate of drug-likeness (QED) is 0.873. The van der Waals surface area contributed by atoms with E-state index in [1.807, 2.05) is 24.1 Å². The molecule has 0 saturated carbocycles. The topological polar surface area (TPSA) is 70.5 Å². The number of hydrogen-bond donors (Lipinski definition) is 1. The van der Waals surface area contributed by atoms with Crippen molar-refractivity contribution in [3.05, 3.63) is 59.9 Å². The van der Waals surface area contributed by atoms with Crippen molar-refractivity contribution in [2.45, 2.75) is 24.0 Å². The van der Waals surface area contributed by atoms with E-state index >= 15 is 0 Å². The Labute approximate surface area is 137 Å². The number of benzene rings is 1. The lowest BCUT2D eigenvalue weighted by atomic mass is 9.95. The summed E-state index contributed by atoms with van der Waals surface area (Å²) in [6.07, 6.45) is 4.69. The van der Waals surface area contributed by atoms with Gasteiger partial charge in [-0.1, -0.05) is 18.2 Å². The zero-order valence-electron chi connectivity index (χ0n) is 13.6. The van der Waals surface area contributed by atoms with Crippen LogP contribution < -0.4 is 0 Å². The van der Waals surface area contributed by atoms with Crippen molar-refractivity contribution in [2.75, 3.05) is 19.8 Å². The monoisotopic (exact) mass is 334 g/mol. The molecule has 5 nitrogen and oxygen atoms in total. The maximum absolute atomic E-state index is 11.5. The van der Waals surface area contributed by atoms with Gasteiger partial charge in [0.2, 0.25) is 0 Å². The van der Waals surface area contributed by atoms with E-state index in [0.717, 1.165) is 5.56 Å². The fraction of sp³-hybridized carbons (Fsp3) is 0.353. The van der Waals surface area contributed by atoms with E-state index in [-0.39, 0.29) is 4.90 Å². The van der Waals surface area contributed by atoms with Gasteiger partial charge in [-0.05, 0) is 43.3 Å². The highest BCUT2D eigenvalue weighted by molar-refractivity contribution is 7.90. The smallest absolute Gasteiger partial charge is 0.175 e. The lowest BCUT2D eigenvalue weighted by Gasteiger charge is -2.29. The van der Waals surface area contributed by atoms with Crippen LogP contribution in [0.5, 0.6) is 0 Å². The van der Waals surface area contributed by atoms with Crippen LogP contribution in [0.4, 0.5) is 0 Å². The molecule has 0 aliphatic heterocycles. The van der Waals surface area contributed by atoms with Gasteiger partial charge in [0.15, 0.2) is 9.84 Å². The molecule has 0 aliphatic rings. The Morgan fingerprint density at radius 1 is 1.22 bits per heavy atom. The van der Waals surface area contributed by atoms with E-state index in [0.29, 0.717) is 18.7 Å². The number of nitrogens with zero attached hydrogens (tertiary/aromatic N) is 2. The number of pyridine rings is 1. The molecule has 1 N–H and O–H groups in total. The molecule has 0 amide bonds. The minimum atomic E-state index is -3.23. The van der Waals surface area contributed by atoms with Gasteiger partial charge in [0.25, 0.3) is 0 Å². The summed E-state index contributed by atoms with van der Waals surface area (Å²) in [4.78, 5) is 6.33. The van der Waals surface area contributed by atoms with Crippen molar-refractivity contribution < 1.29 is 13.5 Å². The van der Waals surface area contributed by atoms with Crippen molar-refractivity contribution in [2.24, 2.45) is 0 Å². The van der Waals surface area contributed by atoms with Gasteiger partial charge in [-0.3, -0.25) is 9.88 Å². The first-order valence-corrected chi connectivity index (χ1v) is 9.18. The van der Waals surface area contributed by atoms with Gasteiger partial charge in [0.1, 0.15) is 0 Å². The molecule has 0 radical (unpaired) electrons. The fourth-order valence-electron chi connectivity index (χ4n) is 2.54. The first-order valence-electron chi connectivity index (χ1n) is 7.29. The summed E-state index contributed by atoms with van der Waals surface area (Å²) in [5.41, 5.74) is 0.675. The van der Waals surface area contributed by atoms with Gasteiger partial charge in [-0.15, -0.1) is 0 Å². The maximum atomic E-state index is 11.5. The summed E-state index contributed by atoms with van der Waals surface area (Å²) < 4.78 is 23.0. The Bertz CT molecular complexity index is 741. The molecular formula is C17H22N2O3S. The number of aromatic nitrogens is 1. The normalized spacial score (nSPS) is 14.7. The summed E-state index contributed by atoms with van der Waals surface area (Å²) in [6.45, 7) is 2.81. The first-order chi connectivity index (χ1) is 10.7. The Kier molecular flexibility index (Phi) is 5.19. The summed E-state index contributed by atoms with van der Waals surface area (Å²) in [6, 6.07) is 10.2. The van der Waals surface area contributed by atoms with Crippen LogP contribution in [0.2, 0.25) is 0 Å². The van der Waals surface area contributed by atoms with E-state index in [1.54, 1.807) is 31.5 Å². The molecule has 2 rings (SSSR count). The molecule has 1 aromatic heterocycles. The van der Waals surface area contributed by atoms with Crippen molar-refractivity contribution in [3.63, 3.8) is 0 Å². The van der Waals surface area contributed by atoms with Gasteiger partial charge in [-0.25, -0.2) is 8.42 Å². The molecule has 0 saturated heterocycles.